The highest BCUT2D eigenvalue weighted by atomic mass is 15.2. The standard InChI is InChI=1S/C11H19N/c1-10-6-5-9-12(10)11-7-3-2-4-8-11/h3,7,10-11H,2,4-6,8-9H2,1H3. The molecule has 1 saturated heterocycles. The minimum atomic E-state index is 0.774. The van der Waals surface area contributed by atoms with E-state index in [-0.39, 0.29) is 0 Å². The Bertz CT molecular complexity index is 174. The van der Waals surface area contributed by atoms with Crippen LogP contribution in [0.15, 0.2) is 12.2 Å². The molecule has 0 aromatic rings. The molecule has 0 radical (unpaired) electrons. The molecule has 0 spiro atoms. The normalized spacial score (nSPS) is 37.4. The van der Waals surface area contributed by atoms with E-state index in [0.717, 1.165) is 12.1 Å². The molecule has 2 unspecified atom stereocenters. The fourth-order valence-corrected chi connectivity index (χ4v) is 2.52. The fourth-order valence-electron chi connectivity index (χ4n) is 2.52. The van der Waals surface area contributed by atoms with Crippen molar-refractivity contribution in [1.82, 2.24) is 4.90 Å². The molecule has 0 aromatic heterocycles. The number of hydrogen-bond donors (Lipinski definition) is 0. The molecule has 1 heterocycles. The first-order chi connectivity index (χ1) is 5.88. The van der Waals surface area contributed by atoms with Crippen LogP contribution in [-0.4, -0.2) is 23.5 Å². The molecule has 2 rings (SSSR count). The van der Waals surface area contributed by atoms with Crippen molar-refractivity contribution in [2.75, 3.05) is 6.54 Å². The van der Waals surface area contributed by atoms with E-state index in [1.165, 1.54) is 38.6 Å². The minimum Gasteiger partial charge on any atom is -0.294 e. The first-order valence-corrected chi connectivity index (χ1v) is 5.30. The molecule has 0 aromatic carbocycles. The maximum atomic E-state index is 2.68. The molecule has 1 heteroatoms. The quantitative estimate of drug-likeness (QED) is 0.540. The Morgan fingerprint density at radius 1 is 1.25 bits per heavy atom. The van der Waals surface area contributed by atoms with Crippen LogP contribution in [0.5, 0.6) is 0 Å². The molecule has 1 aliphatic heterocycles. The van der Waals surface area contributed by atoms with Crippen LogP contribution in [0.3, 0.4) is 0 Å². The molecular formula is C11H19N. The Kier molecular flexibility index (Phi) is 2.50. The lowest BCUT2D eigenvalue weighted by atomic mass is 10.0. The van der Waals surface area contributed by atoms with Crippen molar-refractivity contribution < 1.29 is 0 Å². The van der Waals surface area contributed by atoms with Gasteiger partial charge in [-0.15, -0.1) is 0 Å². The topological polar surface area (TPSA) is 3.24 Å². The number of likely N-dealkylation sites (tertiary alicyclic amines) is 1. The van der Waals surface area contributed by atoms with Gasteiger partial charge in [0.1, 0.15) is 0 Å². The molecule has 2 atom stereocenters. The van der Waals surface area contributed by atoms with E-state index in [0.29, 0.717) is 0 Å². The monoisotopic (exact) mass is 165 g/mol. The van der Waals surface area contributed by atoms with Gasteiger partial charge in [0, 0.05) is 12.1 Å². The second-order valence-electron chi connectivity index (χ2n) is 4.16. The van der Waals surface area contributed by atoms with Crippen molar-refractivity contribution in [3.63, 3.8) is 0 Å². The minimum absolute atomic E-state index is 0.774. The Hall–Kier alpha value is -0.300. The van der Waals surface area contributed by atoms with E-state index < -0.39 is 0 Å². The Balaban J connectivity index is 1.98. The number of rotatable bonds is 1. The largest absolute Gasteiger partial charge is 0.294 e. The highest BCUT2D eigenvalue weighted by molar-refractivity contribution is 5.00. The summed E-state index contributed by atoms with van der Waals surface area (Å²) in [5.41, 5.74) is 0. The first-order valence-electron chi connectivity index (χ1n) is 5.30. The Morgan fingerprint density at radius 3 is 2.75 bits per heavy atom. The summed E-state index contributed by atoms with van der Waals surface area (Å²) in [5, 5.41) is 0. The zero-order chi connectivity index (χ0) is 8.39. The van der Waals surface area contributed by atoms with E-state index >= 15 is 0 Å². The average molecular weight is 165 g/mol. The first kappa shape index (κ1) is 8.31. The highest BCUT2D eigenvalue weighted by Crippen LogP contribution is 2.25. The van der Waals surface area contributed by atoms with Crippen molar-refractivity contribution >= 4 is 0 Å². The summed E-state index contributed by atoms with van der Waals surface area (Å²) in [6.45, 7) is 3.70. The predicted molar refractivity (Wildman–Crippen MR) is 52.2 cm³/mol. The zero-order valence-corrected chi connectivity index (χ0v) is 8.00. The van der Waals surface area contributed by atoms with Crippen LogP contribution in [0, 0.1) is 0 Å². The Morgan fingerprint density at radius 2 is 2.17 bits per heavy atom. The van der Waals surface area contributed by atoms with Crippen molar-refractivity contribution in [2.24, 2.45) is 0 Å². The van der Waals surface area contributed by atoms with E-state index in [1.54, 1.807) is 0 Å². The van der Waals surface area contributed by atoms with Crippen molar-refractivity contribution in [2.45, 2.75) is 51.1 Å². The molecule has 0 N–H and O–H groups in total. The second kappa shape index (κ2) is 3.61. The molecule has 0 bridgehead atoms. The molecule has 0 saturated carbocycles. The van der Waals surface area contributed by atoms with Gasteiger partial charge < -0.3 is 0 Å². The van der Waals surface area contributed by atoms with Gasteiger partial charge in [-0.05, 0) is 45.6 Å². The van der Waals surface area contributed by atoms with Crippen molar-refractivity contribution in [3.8, 4) is 0 Å². The second-order valence-corrected chi connectivity index (χ2v) is 4.16. The smallest absolute Gasteiger partial charge is 0.0281 e. The molecule has 68 valence electrons. The summed E-state index contributed by atoms with van der Waals surface area (Å²) in [6, 6.07) is 1.61. The Labute approximate surface area is 75.4 Å². The van der Waals surface area contributed by atoms with Gasteiger partial charge in [0.25, 0.3) is 0 Å². The molecule has 1 aliphatic carbocycles. The summed E-state index contributed by atoms with van der Waals surface area (Å²) in [7, 11) is 0. The van der Waals surface area contributed by atoms with Crippen LogP contribution in [0.1, 0.15) is 39.0 Å². The maximum absolute atomic E-state index is 2.68. The molecule has 1 fully saturated rings. The van der Waals surface area contributed by atoms with Crippen molar-refractivity contribution in [1.29, 1.82) is 0 Å². The van der Waals surface area contributed by atoms with Crippen LogP contribution in [-0.2, 0) is 0 Å². The van der Waals surface area contributed by atoms with Gasteiger partial charge in [0.2, 0.25) is 0 Å². The number of hydrogen-bond acceptors (Lipinski definition) is 1. The predicted octanol–water partition coefficient (Wildman–Crippen LogP) is 2.58. The van der Waals surface area contributed by atoms with Gasteiger partial charge in [-0.3, -0.25) is 4.90 Å². The molecule has 12 heavy (non-hydrogen) atoms. The summed E-state index contributed by atoms with van der Waals surface area (Å²) >= 11 is 0. The lowest BCUT2D eigenvalue weighted by Crippen LogP contribution is -2.37. The van der Waals surface area contributed by atoms with E-state index in [4.69, 9.17) is 0 Å². The highest BCUT2D eigenvalue weighted by Gasteiger charge is 2.26. The maximum Gasteiger partial charge on any atom is 0.0281 e. The lowest BCUT2D eigenvalue weighted by molar-refractivity contribution is 0.208. The third kappa shape index (κ3) is 1.56. The SMILES string of the molecule is CC1CCCN1C1C=CCCC1. The number of allylic oxidation sites excluding steroid dienone is 1. The fraction of sp³-hybridized carbons (Fsp3) is 0.818. The molecule has 2 aliphatic rings. The zero-order valence-electron chi connectivity index (χ0n) is 8.00. The third-order valence-corrected chi connectivity index (χ3v) is 3.26. The summed E-state index contributed by atoms with van der Waals surface area (Å²) in [6.07, 6.45) is 11.7. The summed E-state index contributed by atoms with van der Waals surface area (Å²) in [4.78, 5) is 2.68. The van der Waals surface area contributed by atoms with E-state index in [1.807, 2.05) is 0 Å². The molecule has 0 amide bonds. The van der Waals surface area contributed by atoms with Crippen LogP contribution >= 0.6 is 0 Å². The van der Waals surface area contributed by atoms with Gasteiger partial charge in [-0.2, -0.15) is 0 Å². The van der Waals surface area contributed by atoms with Gasteiger partial charge in [-0.1, -0.05) is 12.2 Å². The van der Waals surface area contributed by atoms with Gasteiger partial charge in [0.15, 0.2) is 0 Å². The summed E-state index contributed by atoms with van der Waals surface area (Å²) in [5.74, 6) is 0. The third-order valence-electron chi connectivity index (χ3n) is 3.26. The van der Waals surface area contributed by atoms with Crippen molar-refractivity contribution in [3.05, 3.63) is 12.2 Å². The van der Waals surface area contributed by atoms with E-state index in [2.05, 4.69) is 24.0 Å². The van der Waals surface area contributed by atoms with Gasteiger partial charge >= 0.3 is 0 Å². The van der Waals surface area contributed by atoms with Gasteiger partial charge in [0.05, 0.1) is 0 Å². The van der Waals surface area contributed by atoms with Crippen LogP contribution < -0.4 is 0 Å². The number of nitrogens with zero attached hydrogens (tertiary/aromatic N) is 1. The van der Waals surface area contributed by atoms with Crippen LogP contribution in [0.25, 0.3) is 0 Å². The van der Waals surface area contributed by atoms with Crippen LogP contribution in [0.2, 0.25) is 0 Å². The van der Waals surface area contributed by atoms with E-state index in [9.17, 15) is 0 Å². The van der Waals surface area contributed by atoms with Crippen LogP contribution in [0.4, 0.5) is 0 Å². The molecular weight excluding hydrogens is 146 g/mol. The molecule has 1 nitrogen and oxygen atoms in total. The average Bonchev–Trinajstić information content (AvgIpc) is 2.53. The van der Waals surface area contributed by atoms with Gasteiger partial charge in [-0.25, -0.2) is 0 Å². The summed E-state index contributed by atoms with van der Waals surface area (Å²) < 4.78 is 0. The lowest BCUT2D eigenvalue weighted by Gasteiger charge is -2.30.